The van der Waals surface area contributed by atoms with E-state index in [4.69, 9.17) is 9.47 Å². The van der Waals surface area contributed by atoms with Gasteiger partial charge in [0.05, 0.1) is 24.8 Å². The summed E-state index contributed by atoms with van der Waals surface area (Å²) in [7, 11) is 2.10. The number of fused-ring (bicyclic) bond motifs is 1. The molecule has 2 saturated heterocycles. The maximum absolute atomic E-state index is 13.2. The van der Waals surface area contributed by atoms with Crippen molar-refractivity contribution in [1.82, 2.24) is 15.1 Å². The normalized spacial score (nSPS) is 24.5. The molecule has 3 heterocycles. The average molecular weight is 387 g/mol. The fraction of sp³-hybridized carbons (Fsp3) is 0.619. The number of nitrogens with one attached hydrogen (secondary N) is 1. The van der Waals surface area contributed by atoms with Crippen LogP contribution in [0.25, 0.3) is 0 Å². The Bertz CT molecular complexity index is 724. The quantitative estimate of drug-likeness (QED) is 0.843. The zero-order valence-corrected chi connectivity index (χ0v) is 16.5. The van der Waals surface area contributed by atoms with E-state index in [1.54, 1.807) is 11.0 Å². The van der Waals surface area contributed by atoms with Gasteiger partial charge in [0.15, 0.2) is 0 Å². The third-order valence-corrected chi connectivity index (χ3v) is 5.99. The van der Waals surface area contributed by atoms with E-state index in [-0.39, 0.29) is 24.5 Å². The van der Waals surface area contributed by atoms with E-state index in [0.29, 0.717) is 24.4 Å². The van der Waals surface area contributed by atoms with E-state index in [9.17, 15) is 9.59 Å². The number of rotatable bonds is 4. The van der Waals surface area contributed by atoms with Crippen LogP contribution >= 0.6 is 0 Å². The molecule has 0 radical (unpaired) electrons. The first-order valence-corrected chi connectivity index (χ1v) is 10.2. The smallest absolute Gasteiger partial charge is 0.258 e. The van der Waals surface area contributed by atoms with Crippen molar-refractivity contribution >= 4 is 11.8 Å². The van der Waals surface area contributed by atoms with E-state index in [0.717, 1.165) is 45.4 Å². The summed E-state index contributed by atoms with van der Waals surface area (Å²) in [5.41, 5.74) is 0.0918. The number of ether oxygens (including phenoxy) is 2. The third kappa shape index (κ3) is 4.15. The highest BCUT2D eigenvalue weighted by atomic mass is 16.5. The summed E-state index contributed by atoms with van der Waals surface area (Å²) in [4.78, 5) is 29.6. The molecule has 0 aliphatic carbocycles. The van der Waals surface area contributed by atoms with Crippen LogP contribution in [0.15, 0.2) is 24.3 Å². The van der Waals surface area contributed by atoms with Crippen molar-refractivity contribution in [2.24, 2.45) is 0 Å². The molecule has 3 aliphatic rings. The second-order valence-corrected chi connectivity index (χ2v) is 8.18. The highest BCUT2D eigenvalue weighted by Crippen LogP contribution is 2.35. The van der Waals surface area contributed by atoms with Crippen molar-refractivity contribution < 1.29 is 19.1 Å². The summed E-state index contributed by atoms with van der Waals surface area (Å²) in [5, 5.41) is 2.93. The van der Waals surface area contributed by atoms with Crippen LogP contribution in [0.5, 0.6) is 5.75 Å². The zero-order chi connectivity index (χ0) is 19.6. The monoisotopic (exact) mass is 387 g/mol. The summed E-state index contributed by atoms with van der Waals surface area (Å²) in [6.07, 6.45) is 3.77. The Hall–Kier alpha value is -2.12. The van der Waals surface area contributed by atoms with Crippen LogP contribution in [0.3, 0.4) is 0 Å². The molecule has 4 rings (SSSR count). The van der Waals surface area contributed by atoms with Crippen LogP contribution in [0, 0.1) is 0 Å². The minimum Gasteiger partial charge on any atom is -0.484 e. The molecule has 7 heteroatoms. The second kappa shape index (κ2) is 8.09. The van der Waals surface area contributed by atoms with E-state index in [2.05, 4.69) is 17.3 Å². The molecule has 1 atom stereocenters. The molecule has 1 N–H and O–H groups in total. The van der Waals surface area contributed by atoms with E-state index in [1.165, 1.54) is 0 Å². The second-order valence-electron chi connectivity index (χ2n) is 8.18. The van der Waals surface area contributed by atoms with Crippen molar-refractivity contribution in [2.45, 2.75) is 37.4 Å². The number of hydrogen-bond donors (Lipinski definition) is 1. The third-order valence-electron chi connectivity index (χ3n) is 5.99. The number of carbonyl (C=O) groups excluding carboxylic acids is 2. The molecule has 2 amide bonds. The number of likely N-dealkylation sites (tertiary alicyclic amines) is 1. The Kier molecular flexibility index (Phi) is 5.55. The number of amides is 2. The summed E-state index contributed by atoms with van der Waals surface area (Å²) in [6.45, 7) is 3.56. The Morgan fingerprint density at radius 2 is 2.07 bits per heavy atom. The molecule has 3 aliphatic heterocycles. The molecular formula is C21H29N3O4. The number of benzene rings is 1. The van der Waals surface area contributed by atoms with E-state index < -0.39 is 5.60 Å². The number of para-hydroxylation sites is 1. The van der Waals surface area contributed by atoms with Gasteiger partial charge in [0.2, 0.25) is 5.91 Å². The maximum atomic E-state index is 13.2. The summed E-state index contributed by atoms with van der Waals surface area (Å²) >= 11 is 0. The highest BCUT2D eigenvalue weighted by molar-refractivity contribution is 5.99. The first-order chi connectivity index (χ1) is 13.5. The summed E-state index contributed by atoms with van der Waals surface area (Å²) in [5.74, 6) is 0.337. The molecule has 1 unspecified atom stereocenters. The Morgan fingerprint density at radius 3 is 2.82 bits per heavy atom. The minimum absolute atomic E-state index is 0.0425. The predicted molar refractivity (Wildman–Crippen MR) is 104 cm³/mol. The fourth-order valence-corrected chi connectivity index (χ4v) is 4.26. The molecule has 0 bridgehead atoms. The fourth-order valence-electron chi connectivity index (χ4n) is 4.26. The van der Waals surface area contributed by atoms with E-state index >= 15 is 0 Å². The lowest BCUT2D eigenvalue weighted by molar-refractivity contribution is -0.122. The lowest BCUT2D eigenvalue weighted by Crippen LogP contribution is -2.55. The van der Waals surface area contributed by atoms with Crippen molar-refractivity contribution in [3.8, 4) is 5.75 Å². The number of hydrogen-bond acceptors (Lipinski definition) is 5. The van der Waals surface area contributed by atoms with Crippen LogP contribution in [0.1, 0.15) is 36.0 Å². The number of piperidine rings is 1. The van der Waals surface area contributed by atoms with Gasteiger partial charge in [-0.2, -0.15) is 0 Å². The molecule has 7 nitrogen and oxygen atoms in total. The van der Waals surface area contributed by atoms with E-state index in [1.807, 2.05) is 18.2 Å². The number of carbonyl (C=O) groups is 2. The lowest BCUT2D eigenvalue weighted by atomic mass is 9.90. The van der Waals surface area contributed by atoms with Crippen molar-refractivity contribution in [2.75, 3.05) is 46.4 Å². The van der Waals surface area contributed by atoms with Crippen LogP contribution < -0.4 is 10.1 Å². The van der Waals surface area contributed by atoms with Gasteiger partial charge in [-0.25, -0.2) is 0 Å². The minimum atomic E-state index is -0.441. The predicted octanol–water partition coefficient (Wildman–Crippen LogP) is 1.28. The average Bonchev–Trinajstić information content (AvgIpc) is 3.18. The topological polar surface area (TPSA) is 71.1 Å². The van der Waals surface area contributed by atoms with Crippen molar-refractivity contribution in [3.05, 3.63) is 29.8 Å². The molecule has 0 saturated carbocycles. The molecule has 2 fully saturated rings. The molecule has 152 valence electrons. The van der Waals surface area contributed by atoms with Crippen LogP contribution in [0.4, 0.5) is 0 Å². The van der Waals surface area contributed by atoms with Gasteiger partial charge in [-0.05, 0) is 32.0 Å². The van der Waals surface area contributed by atoms with Gasteiger partial charge in [0.1, 0.15) is 11.4 Å². The van der Waals surface area contributed by atoms with Gasteiger partial charge in [-0.15, -0.1) is 0 Å². The first kappa shape index (κ1) is 19.2. The molecule has 1 aromatic carbocycles. The highest BCUT2D eigenvalue weighted by Gasteiger charge is 2.42. The van der Waals surface area contributed by atoms with Crippen molar-refractivity contribution in [1.29, 1.82) is 0 Å². The molecule has 1 aromatic rings. The number of nitrogens with zero attached hydrogens (tertiary/aromatic N) is 2. The van der Waals surface area contributed by atoms with Crippen LogP contribution in [-0.2, 0) is 9.53 Å². The lowest BCUT2D eigenvalue weighted by Gasteiger charge is -2.41. The standard InChI is InChI=1S/C21H29N3O4/c1-23-10-8-21(9-11-23)15-24(14-19(25)22-13-16-5-4-12-27-16)20(26)17-6-2-3-7-18(17)28-21/h2-3,6-7,16H,4-5,8-15H2,1H3,(H,22,25). The van der Waals surface area contributed by atoms with Gasteiger partial charge in [-0.1, -0.05) is 12.1 Å². The largest absolute Gasteiger partial charge is 0.484 e. The molecule has 0 aromatic heterocycles. The van der Waals surface area contributed by atoms with Gasteiger partial charge in [0.25, 0.3) is 5.91 Å². The van der Waals surface area contributed by atoms with Gasteiger partial charge in [-0.3, -0.25) is 9.59 Å². The summed E-state index contributed by atoms with van der Waals surface area (Å²) < 4.78 is 12.0. The van der Waals surface area contributed by atoms with Crippen molar-refractivity contribution in [3.63, 3.8) is 0 Å². The Labute approximate surface area is 166 Å². The van der Waals surface area contributed by atoms with Crippen LogP contribution in [-0.4, -0.2) is 79.7 Å². The molecular weight excluding hydrogens is 358 g/mol. The Balaban J connectivity index is 1.49. The van der Waals surface area contributed by atoms with Gasteiger partial charge in [0, 0.05) is 39.1 Å². The first-order valence-electron chi connectivity index (χ1n) is 10.2. The van der Waals surface area contributed by atoms with Gasteiger partial charge >= 0.3 is 0 Å². The summed E-state index contributed by atoms with van der Waals surface area (Å²) in [6, 6.07) is 7.36. The molecule has 28 heavy (non-hydrogen) atoms. The van der Waals surface area contributed by atoms with Crippen LogP contribution in [0.2, 0.25) is 0 Å². The van der Waals surface area contributed by atoms with Gasteiger partial charge < -0.3 is 24.6 Å². The zero-order valence-electron chi connectivity index (χ0n) is 16.5. The maximum Gasteiger partial charge on any atom is 0.258 e. The molecule has 1 spiro atoms. The Morgan fingerprint density at radius 1 is 1.29 bits per heavy atom. The SMILES string of the molecule is CN1CCC2(CC1)CN(CC(=O)NCC1CCCO1)C(=O)c1ccccc1O2.